The highest BCUT2D eigenvalue weighted by molar-refractivity contribution is 8.00. The molecule has 14 heavy (non-hydrogen) atoms. The summed E-state index contributed by atoms with van der Waals surface area (Å²) in [6, 6.07) is -0.679. The molecule has 5 nitrogen and oxygen atoms in total. The molecular formula is C8H13N3O2S. The Kier molecular flexibility index (Phi) is 2.10. The standard InChI is InChI=1S/C8H13N3O2S/c1-5(2)8-10-6(12)9-7(13)11(8)3-4-14-8/h5H,3-4H2,1-2H3,(H2,9,10,12,13)/t8-/m0/s1. The topological polar surface area (TPSA) is 61.4 Å². The minimum Gasteiger partial charge on any atom is -0.306 e. The number of carbonyl (C=O) groups is 2. The number of nitrogens with zero attached hydrogens (tertiary/aromatic N) is 1. The van der Waals surface area contributed by atoms with Gasteiger partial charge in [0.25, 0.3) is 0 Å². The van der Waals surface area contributed by atoms with Gasteiger partial charge in [-0.2, -0.15) is 0 Å². The molecule has 0 radical (unpaired) electrons. The van der Waals surface area contributed by atoms with Gasteiger partial charge in [0.1, 0.15) is 0 Å². The van der Waals surface area contributed by atoms with Crippen LogP contribution in [0, 0.1) is 5.92 Å². The van der Waals surface area contributed by atoms with E-state index < -0.39 is 11.0 Å². The molecule has 4 amide bonds. The van der Waals surface area contributed by atoms with Crippen LogP contribution in [-0.4, -0.2) is 34.3 Å². The van der Waals surface area contributed by atoms with Crippen LogP contribution in [0.5, 0.6) is 0 Å². The Hall–Kier alpha value is -0.910. The van der Waals surface area contributed by atoms with Crippen molar-refractivity contribution in [3.63, 3.8) is 0 Å². The first-order chi connectivity index (χ1) is 6.56. The quantitative estimate of drug-likeness (QED) is 0.679. The molecule has 2 heterocycles. The molecule has 0 aromatic heterocycles. The lowest BCUT2D eigenvalue weighted by molar-refractivity contribution is 0.116. The lowest BCUT2D eigenvalue weighted by atomic mass is 10.1. The molecule has 0 unspecified atom stereocenters. The molecule has 2 aliphatic rings. The summed E-state index contributed by atoms with van der Waals surface area (Å²) < 4.78 is 0. The van der Waals surface area contributed by atoms with Gasteiger partial charge in [0.05, 0.1) is 0 Å². The molecule has 2 aliphatic heterocycles. The smallest absolute Gasteiger partial charge is 0.306 e. The highest BCUT2D eigenvalue weighted by atomic mass is 32.2. The Labute approximate surface area is 86.6 Å². The summed E-state index contributed by atoms with van der Waals surface area (Å²) in [7, 11) is 0. The van der Waals surface area contributed by atoms with Gasteiger partial charge >= 0.3 is 12.1 Å². The van der Waals surface area contributed by atoms with Crippen molar-refractivity contribution >= 4 is 23.8 Å². The van der Waals surface area contributed by atoms with Crippen LogP contribution >= 0.6 is 11.8 Å². The predicted octanol–water partition coefficient (Wildman–Crippen LogP) is 0.778. The van der Waals surface area contributed by atoms with Crippen LogP contribution in [0.2, 0.25) is 0 Å². The van der Waals surface area contributed by atoms with Gasteiger partial charge in [0.15, 0.2) is 4.99 Å². The Balaban J connectivity index is 2.34. The number of amides is 4. The lowest BCUT2D eigenvalue weighted by Crippen LogP contribution is -2.69. The number of fused-ring (bicyclic) bond motifs is 1. The third kappa shape index (κ3) is 1.17. The van der Waals surface area contributed by atoms with Crippen LogP contribution in [0.1, 0.15) is 13.8 Å². The molecule has 2 N–H and O–H groups in total. The summed E-state index contributed by atoms with van der Waals surface area (Å²) in [4.78, 5) is 23.9. The summed E-state index contributed by atoms with van der Waals surface area (Å²) in [5.74, 6) is 1.07. The van der Waals surface area contributed by atoms with E-state index >= 15 is 0 Å². The van der Waals surface area contributed by atoms with Crippen LogP contribution in [0.3, 0.4) is 0 Å². The summed E-state index contributed by atoms with van der Waals surface area (Å²) in [6.07, 6.45) is 0. The predicted molar refractivity (Wildman–Crippen MR) is 53.8 cm³/mol. The second-order valence-corrected chi connectivity index (χ2v) is 5.05. The second kappa shape index (κ2) is 3.05. The SMILES string of the molecule is CC(C)[C@]12NC(=O)NC(=O)N1CCS2. The monoisotopic (exact) mass is 215 g/mol. The molecule has 1 atom stereocenters. The molecule has 2 rings (SSSR count). The van der Waals surface area contributed by atoms with E-state index in [1.807, 2.05) is 13.8 Å². The van der Waals surface area contributed by atoms with Gasteiger partial charge in [-0.15, -0.1) is 11.8 Å². The number of rotatable bonds is 1. The highest BCUT2D eigenvalue weighted by Crippen LogP contribution is 2.40. The van der Waals surface area contributed by atoms with Gasteiger partial charge in [0.2, 0.25) is 0 Å². The van der Waals surface area contributed by atoms with Gasteiger partial charge in [-0.1, -0.05) is 13.8 Å². The second-order valence-electron chi connectivity index (χ2n) is 3.74. The van der Waals surface area contributed by atoms with E-state index in [0.717, 1.165) is 5.75 Å². The van der Waals surface area contributed by atoms with Crippen LogP contribution in [0.15, 0.2) is 0 Å². The van der Waals surface area contributed by atoms with Crippen molar-refractivity contribution in [1.82, 2.24) is 15.5 Å². The van der Waals surface area contributed by atoms with E-state index in [0.29, 0.717) is 6.54 Å². The van der Waals surface area contributed by atoms with Crippen molar-refractivity contribution < 1.29 is 9.59 Å². The Morgan fingerprint density at radius 2 is 2.21 bits per heavy atom. The first kappa shape index (κ1) is 9.64. The molecule has 2 saturated heterocycles. The fraction of sp³-hybridized carbons (Fsp3) is 0.750. The first-order valence-electron chi connectivity index (χ1n) is 4.61. The van der Waals surface area contributed by atoms with Crippen LogP contribution in [-0.2, 0) is 0 Å². The van der Waals surface area contributed by atoms with Crippen molar-refractivity contribution in [1.29, 1.82) is 0 Å². The molecular weight excluding hydrogens is 202 g/mol. The highest BCUT2D eigenvalue weighted by Gasteiger charge is 2.51. The zero-order valence-electron chi connectivity index (χ0n) is 8.16. The van der Waals surface area contributed by atoms with Crippen molar-refractivity contribution in [2.45, 2.75) is 18.8 Å². The Morgan fingerprint density at radius 1 is 1.50 bits per heavy atom. The number of hydrogen-bond acceptors (Lipinski definition) is 3. The van der Waals surface area contributed by atoms with E-state index in [1.54, 1.807) is 16.7 Å². The van der Waals surface area contributed by atoms with Crippen LogP contribution in [0.4, 0.5) is 9.59 Å². The number of carbonyl (C=O) groups excluding carboxylic acids is 2. The van der Waals surface area contributed by atoms with E-state index in [4.69, 9.17) is 0 Å². The fourth-order valence-corrected chi connectivity index (χ4v) is 3.29. The minimum absolute atomic E-state index is 0.199. The minimum atomic E-state index is -0.528. The maximum Gasteiger partial charge on any atom is 0.328 e. The molecule has 0 aliphatic carbocycles. The zero-order valence-corrected chi connectivity index (χ0v) is 8.98. The number of imide groups is 1. The molecule has 0 aromatic rings. The number of nitrogens with one attached hydrogen (secondary N) is 2. The molecule has 78 valence electrons. The van der Waals surface area contributed by atoms with Crippen molar-refractivity contribution in [2.24, 2.45) is 5.92 Å². The lowest BCUT2D eigenvalue weighted by Gasteiger charge is -2.44. The van der Waals surface area contributed by atoms with E-state index in [-0.39, 0.29) is 11.9 Å². The van der Waals surface area contributed by atoms with Gasteiger partial charge in [0, 0.05) is 18.2 Å². The Bertz CT molecular complexity index is 294. The molecule has 2 fully saturated rings. The first-order valence-corrected chi connectivity index (χ1v) is 5.59. The summed E-state index contributed by atoms with van der Waals surface area (Å²) in [5.41, 5.74) is 0. The molecule has 0 bridgehead atoms. The van der Waals surface area contributed by atoms with Crippen molar-refractivity contribution in [2.75, 3.05) is 12.3 Å². The van der Waals surface area contributed by atoms with E-state index in [2.05, 4.69) is 10.6 Å². The molecule has 0 aromatic carbocycles. The van der Waals surface area contributed by atoms with Crippen molar-refractivity contribution in [3.8, 4) is 0 Å². The Morgan fingerprint density at radius 3 is 2.86 bits per heavy atom. The number of thioether (sulfide) groups is 1. The maximum absolute atomic E-state index is 11.5. The molecule has 0 saturated carbocycles. The molecule has 6 heteroatoms. The average Bonchev–Trinajstić information content (AvgIpc) is 2.48. The van der Waals surface area contributed by atoms with Crippen molar-refractivity contribution in [3.05, 3.63) is 0 Å². The number of hydrogen-bond donors (Lipinski definition) is 2. The summed E-state index contributed by atoms with van der Waals surface area (Å²) >= 11 is 1.62. The van der Waals surface area contributed by atoms with Gasteiger partial charge < -0.3 is 5.32 Å². The summed E-state index contributed by atoms with van der Waals surface area (Å²) in [6.45, 7) is 4.70. The normalized spacial score (nSPS) is 31.5. The number of urea groups is 2. The van der Waals surface area contributed by atoms with E-state index in [1.165, 1.54) is 0 Å². The van der Waals surface area contributed by atoms with Crippen LogP contribution in [0.25, 0.3) is 0 Å². The average molecular weight is 215 g/mol. The maximum atomic E-state index is 11.5. The van der Waals surface area contributed by atoms with Gasteiger partial charge in [-0.25, -0.2) is 9.59 Å². The van der Waals surface area contributed by atoms with Crippen LogP contribution < -0.4 is 10.6 Å². The third-order valence-corrected chi connectivity index (χ3v) is 4.20. The zero-order chi connectivity index (χ0) is 10.3. The molecule has 0 spiro atoms. The van der Waals surface area contributed by atoms with E-state index in [9.17, 15) is 9.59 Å². The summed E-state index contributed by atoms with van der Waals surface area (Å²) in [5, 5.41) is 5.09. The van der Waals surface area contributed by atoms with Gasteiger partial charge in [-0.3, -0.25) is 10.2 Å². The largest absolute Gasteiger partial charge is 0.328 e. The third-order valence-electron chi connectivity index (χ3n) is 2.58. The van der Waals surface area contributed by atoms with Gasteiger partial charge in [-0.05, 0) is 0 Å². The fourth-order valence-electron chi connectivity index (χ4n) is 1.87.